The number of hydrogen-bond donors (Lipinski definition) is 0. The van der Waals surface area contributed by atoms with Crippen LogP contribution in [0, 0.1) is 12.4 Å². The summed E-state index contributed by atoms with van der Waals surface area (Å²) in [6, 6.07) is 8.39. The first-order valence-corrected chi connectivity index (χ1v) is 16.8. The summed E-state index contributed by atoms with van der Waals surface area (Å²) < 4.78 is 48.8. The Morgan fingerprint density at radius 3 is 2.77 bits per heavy atom. The minimum absolute atomic E-state index is 0.00637. The molecule has 4 aliphatic rings. The second-order valence-corrected chi connectivity index (χ2v) is 13.5. The van der Waals surface area contributed by atoms with Crippen LogP contribution in [0.25, 0.3) is 15.6 Å². The number of halogens is 4. The molecule has 3 atom stereocenters. The van der Waals surface area contributed by atoms with Gasteiger partial charge in [0.25, 0.3) is 5.91 Å². The number of rotatable bonds is 8. The van der Waals surface area contributed by atoms with E-state index in [2.05, 4.69) is 21.2 Å². The van der Waals surface area contributed by atoms with Gasteiger partial charge >= 0.3 is 6.01 Å². The van der Waals surface area contributed by atoms with Crippen LogP contribution in [0.4, 0.5) is 24.7 Å². The van der Waals surface area contributed by atoms with Gasteiger partial charge in [0.05, 0.1) is 22.8 Å². The van der Waals surface area contributed by atoms with E-state index in [1.165, 1.54) is 11.0 Å². The normalized spacial score (nSPS) is 24.0. The number of ether oxygens (including phenoxy) is 1. The van der Waals surface area contributed by atoms with Crippen LogP contribution in [0.5, 0.6) is 6.01 Å². The first kappa shape index (κ1) is 32.5. The van der Waals surface area contributed by atoms with Crippen molar-refractivity contribution in [1.29, 1.82) is 0 Å². The number of fused-ring (bicyclic) bond motifs is 3. The van der Waals surface area contributed by atoms with E-state index in [0.717, 1.165) is 54.6 Å². The molecule has 0 bridgehead atoms. The number of hydrogen-bond acceptors (Lipinski definition) is 7. The summed E-state index contributed by atoms with van der Waals surface area (Å²) in [7, 11) is 0. The number of carbonyl (C=O) groups is 1. The van der Waals surface area contributed by atoms with Crippen molar-refractivity contribution in [2.75, 3.05) is 62.3 Å². The average molecular weight is 680 g/mol. The molecule has 0 N–H and O–H groups in total. The molecule has 0 aliphatic carbocycles. The molecular weight excluding hydrogens is 643 g/mol. The molecule has 48 heavy (non-hydrogen) atoms. The first-order valence-electron chi connectivity index (χ1n) is 16.4. The van der Waals surface area contributed by atoms with Crippen LogP contribution in [-0.2, 0) is 17.8 Å². The van der Waals surface area contributed by atoms with Gasteiger partial charge in [0.1, 0.15) is 31.0 Å². The highest BCUT2D eigenvalue weighted by Crippen LogP contribution is 2.43. The Morgan fingerprint density at radius 2 is 1.98 bits per heavy atom. The van der Waals surface area contributed by atoms with Crippen LogP contribution in [0.15, 0.2) is 42.7 Å². The minimum atomic E-state index is -1.05. The lowest BCUT2D eigenvalue weighted by molar-refractivity contribution is -0.131. The Balaban J connectivity index is 1.23. The zero-order chi connectivity index (χ0) is 33.6. The third-order valence-electron chi connectivity index (χ3n) is 10.5. The van der Waals surface area contributed by atoms with E-state index in [-0.39, 0.29) is 48.9 Å². The predicted octanol–water partition coefficient (Wildman–Crippen LogP) is 5.75. The molecule has 2 unspecified atom stereocenters. The number of aromatic nitrogens is 2. The van der Waals surface area contributed by atoms with Gasteiger partial charge in [-0.2, -0.15) is 9.97 Å². The largest absolute Gasteiger partial charge is 0.461 e. The van der Waals surface area contributed by atoms with E-state index in [4.69, 9.17) is 32.9 Å². The van der Waals surface area contributed by atoms with E-state index in [1.54, 1.807) is 6.07 Å². The summed E-state index contributed by atoms with van der Waals surface area (Å²) >= 11 is 6.50. The molecule has 9 nitrogen and oxygen atoms in total. The molecule has 3 aromatic rings. The maximum absolute atomic E-state index is 14.6. The topological polar surface area (TPSA) is 69.4 Å². The minimum Gasteiger partial charge on any atom is -0.461 e. The highest BCUT2D eigenvalue weighted by atomic mass is 35.5. The number of benzene rings is 2. The number of nitrogens with zero attached hydrogens (tertiary/aromatic N) is 7. The molecule has 1 amide bonds. The summed E-state index contributed by atoms with van der Waals surface area (Å²) in [5, 5.41) is 1.53. The summed E-state index contributed by atoms with van der Waals surface area (Å²) in [4.78, 5) is 33.8. The second kappa shape index (κ2) is 13.1. The fourth-order valence-electron chi connectivity index (χ4n) is 8.18. The molecule has 0 saturated carbocycles. The molecular formula is C35H37ClF3N7O2. The lowest BCUT2D eigenvalue weighted by atomic mass is 9.95. The van der Waals surface area contributed by atoms with Crippen molar-refractivity contribution in [3.63, 3.8) is 0 Å². The molecule has 13 heteroatoms. The van der Waals surface area contributed by atoms with Crippen LogP contribution in [0.2, 0.25) is 5.02 Å². The molecule has 3 fully saturated rings. The average Bonchev–Trinajstić information content (AvgIpc) is 3.67. The van der Waals surface area contributed by atoms with Gasteiger partial charge in [0.15, 0.2) is 5.83 Å². The van der Waals surface area contributed by atoms with Gasteiger partial charge in [-0.05, 0) is 56.2 Å². The number of amides is 1. The predicted molar refractivity (Wildman–Crippen MR) is 178 cm³/mol. The Labute approximate surface area is 282 Å². The molecule has 252 valence electrons. The Morgan fingerprint density at radius 1 is 1.12 bits per heavy atom. The van der Waals surface area contributed by atoms with E-state index in [9.17, 15) is 18.0 Å². The number of piperazine rings is 1. The Hall–Kier alpha value is -4.08. The highest BCUT2D eigenvalue weighted by molar-refractivity contribution is 6.36. The van der Waals surface area contributed by atoms with Crippen molar-refractivity contribution in [2.45, 2.75) is 56.3 Å². The SMILES string of the molecule is [C-]#[N+]C[C@H]1CN(c2nc(OCC34CCCN3C(CF)CC4)nc3c2CCN(c2cccc4ccc(F)c(Cl)c24)C3)CCN1C(=O)C(=C)F. The molecule has 5 heterocycles. The van der Waals surface area contributed by atoms with Crippen molar-refractivity contribution in [1.82, 2.24) is 19.8 Å². The van der Waals surface area contributed by atoms with E-state index < -0.39 is 23.6 Å². The lowest BCUT2D eigenvalue weighted by Crippen LogP contribution is -2.57. The monoisotopic (exact) mass is 679 g/mol. The first-order chi connectivity index (χ1) is 23.2. The van der Waals surface area contributed by atoms with Gasteiger partial charge in [0, 0.05) is 48.9 Å². The Kier molecular flexibility index (Phi) is 8.85. The maximum atomic E-state index is 14.6. The fourth-order valence-corrected chi connectivity index (χ4v) is 8.45. The van der Waals surface area contributed by atoms with Crippen LogP contribution >= 0.6 is 11.6 Å². The molecule has 1 aromatic heterocycles. The zero-order valence-electron chi connectivity index (χ0n) is 26.6. The summed E-state index contributed by atoms with van der Waals surface area (Å²) in [6.45, 7) is 13.3. The van der Waals surface area contributed by atoms with Crippen molar-refractivity contribution in [3.05, 3.63) is 76.3 Å². The Bertz CT molecular complexity index is 1800. The summed E-state index contributed by atoms with van der Waals surface area (Å²) in [5.41, 5.74) is 2.21. The molecule has 2 aromatic carbocycles. The molecule has 7 rings (SSSR count). The fraction of sp³-hybridized carbons (Fsp3) is 0.486. The zero-order valence-corrected chi connectivity index (χ0v) is 27.4. The quantitative estimate of drug-likeness (QED) is 0.222. The van der Waals surface area contributed by atoms with Crippen molar-refractivity contribution in [3.8, 4) is 6.01 Å². The molecule has 0 radical (unpaired) electrons. The molecule has 3 saturated heterocycles. The van der Waals surface area contributed by atoms with Gasteiger partial charge in [-0.1, -0.05) is 36.4 Å². The van der Waals surface area contributed by atoms with Gasteiger partial charge in [-0.3, -0.25) is 9.69 Å². The summed E-state index contributed by atoms with van der Waals surface area (Å²) in [6.07, 6.45) is 4.10. The standard InChI is InChI=1S/C35H37ClF3N7O2/c1-22(38)33(47)45-16-15-44(19-25(45)18-40-2)32-26-10-14-43(29-6-3-5-23-7-8-27(39)31(36)30(23)29)20-28(26)41-34(42-32)48-21-35-11-4-13-46(35)24(17-37)9-12-35/h3,5-8,24-25H,1,4,9-21H2/t24?,25-,35?/m0/s1. The lowest BCUT2D eigenvalue weighted by Gasteiger charge is -2.41. The third-order valence-corrected chi connectivity index (χ3v) is 10.9. The van der Waals surface area contributed by atoms with Gasteiger partial charge < -0.3 is 24.3 Å². The van der Waals surface area contributed by atoms with Crippen LogP contribution in [0.1, 0.15) is 36.9 Å². The third kappa shape index (κ3) is 5.71. The smallest absolute Gasteiger partial charge is 0.318 e. The number of anilines is 2. The van der Waals surface area contributed by atoms with Gasteiger partial charge in [-0.25, -0.2) is 19.7 Å². The summed E-state index contributed by atoms with van der Waals surface area (Å²) in [5.74, 6) is -1.68. The van der Waals surface area contributed by atoms with Crippen LogP contribution < -0.4 is 14.5 Å². The van der Waals surface area contributed by atoms with Gasteiger partial charge in [0.2, 0.25) is 6.54 Å². The van der Waals surface area contributed by atoms with Crippen LogP contribution in [0.3, 0.4) is 0 Å². The van der Waals surface area contributed by atoms with Crippen molar-refractivity contribution in [2.24, 2.45) is 0 Å². The van der Waals surface area contributed by atoms with E-state index in [0.29, 0.717) is 43.9 Å². The van der Waals surface area contributed by atoms with Crippen molar-refractivity contribution < 1.29 is 22.7 Å². The van der Waals surface area contributed by atoms with E-state index in [1.807, 2.05) is 23.1 Å². The number of alkyl halides is 1. The maximum Gasteiger partial charge on any atom is 0.318 e. The van der Waals surface area contributed by atoms with Crippen molar-refractivity contribution >= 4 is 39.8 Å². The van der Waals surface area contributed by atoms with Gasteiger partial charge in [-0.15, -0.1) is 0 Å². The van der Waals surface area contributed by atoms with Crippen LogP contribution in [-0.4, -0.2) is 95.8 Å². The molecule has 0 spiro atoms. The highest BCUT2D eigenvalue weighted by Gasteiger charge is 2.50. The molecule has 4 aliphatic heterocycles. The second-order valence-electron chi connectivity index (χ2n) is 13.2. The number of carbonyl (C=O) groups excluding carboxylic acids is 1. The van der Waals surface area contributed by atoms with E-state index >= 15 is 0 Å².